The fraction of sp³-hybridized carbons (Fsp3) is 0.158. The van der Waals surface area contributed by atoms with Crippen LogP contribution in [0.4, 0.5) is 5.69 Å². The highest BCUT2D eigenvalue weighted by Crippen LogP contribution is 2.31. The number of thiazole rings is 1. The van der Waals surface area contributed by atoms with Crippen LogP contribution in [-0.4, -0.2) is 35.9 Å². The summed E-state index contributed by atoms with van der Waals surface area (Å²) < 4.78 is 5.79. The number of aromatic nitrogens is 1. The van der Waals surface area contributed by atoms with Gasteiger partial charge in [0.25, 0.3) is 5.91 Å². The fourth-order valence-electron chi connectivity index (χ4n) is 2.27. The van der Waals surface area contributed by atoms with Gasteiger partial charge in [-0.25, -0.2) is 9.78 Å². The number of rotatable bonds is 7. The van der Waals surface area contributed by atoms with E-state index in [0.29, 0.717) is 16.3 Å². The number of benzene rings is 1. The highest BCUT2D eigenvalue weighted by atomic mass is 79.9. The number of hydrogen-bond acceptors (Lipinski definition) is 7. The molecule has 0 unspecified atom stereocenters. The molecule has 0 radical (unpaired) electrons. The van der Waals surface area contributed by atoms with E-state index in [2.05, 4.69) is 31.5 Å². The predicted molar refractivity (Wildman–Crippen MR) is 116 cm³/mol. The number of para-hydroxylation sites is 1. The summed E-state index contributed by atoms with van der Waals surface area (Å²) in [5.74, 6) is -1.58. The maximum atomic E-state index is 12.3. The van der Waals surface area contributed by atoms with E-state index in [4.69, 9.17) is 4.74 Å². The first kappa shape index (κ1) is 21.2. The zero-order chi connectivity index (χ0) is 20.8. The summed E-state index contributed by atoms with van der Waals surface area (Å²) in [6.07, 6.45) is 0. The number of hydrogen-bond donors (Lipinski definition) is 2. The minimum atomic E-state index is -0.615. The van der Waals surface area contributed by atoms with E-state index in [1.165, 1.54) is 22.7 Å². The van der Waals surface area contributed by atoms with E-state index >= 15 is 0 Å². The Balaban J connectivity index is 1.46. The van der Waals surface area contributed by atoms with E-state index < -0.39 is 24.4 Å². The molecule has 2 N–H and O–H groups in total. The molecule has 0 aliphatic carbocycles. The summed E-state index contributed by atoms with van der Waals surface area (Å²) in [6, 6.07) is 11.0. The second kappa shape index (κ2) is 9.77. The molecule has 1 aromatic carbocycles. The van der Waals surface area contributed by atoms with Gasteiger partial charge in [0.2, 0.25) is 5.91 Å². The molecule has 3 rings (SSSR count). The lowest BCUT2D eigenvalue weighted by Crippen LogP contribution is -2.35. The van der Waals surface area contributed by atoms with Gasteiger partial charge in [-0.3, -0.25) is 9.59 Å². The van der Waals surface area contributed by atoms with Crippen LogP contribution in [0.15, 0.2) is 46.3 Å². The van der Waals surface area contributed by atoms with Crippen LogP contribution in [0.1, 0.15) is 15.4 Å². The van der Waals surface area contributed by atoms with Gasteiger partial charge in [0.05, 0.1) is 22.8 Å². The Morgan fingerprint density at radius 3 is 2.66 bits per heavy atom. The van der Waals surface area contributed by atoms with Crippen LogP contribution in [0.5, 0.6) is 0 Å². The average molecular weight is 494 g/mol. The highest BCUT2D eigenvalue weighted by molar-refractivity contribution is 9.10. The zero-order valence-corrected chi connectivity index (χ0v) is 18.4. The van der Waals surface area contributed by atoms with E-state index in [1.54, 1.807) is 25.1 Å². The van der Waals surface area contributed by atoms with Gasteiger partial charge in [-0.1, -0.05) is 18.2 Å². The van der Waals surface area contributed by atoms with E-state index in [9.17, 15) is 14.4 Å². The van der Waals surface area contributed by atoms with Crippen LogP contribution in [0.25, 0.3) is 9.88 Å². The Hall–Kier alpha value is -2.56. The molecule has 3 aromatic rings. The number of carbonyl (C=O) groups is 3. The Morgan fingerprint density at radius 1 is 1.14 bits per heavy atom. The standard InChI is InChI=1S/C19H16BrN3O4S2/c1-11-17(29-18(22-11)14-7-4-8-28-14)19(26)27-10-16(25)21-9-15(24)23-13-6-3-2-5-12(13)20/h2-8H,9-10H2,1H3,(H,21,25)(H,23,24). The number of esters is 1. The first-order chi connectivity index (χ1) is 13.9. The lowest BCUT2D eigenvalue weighted by Gasteiger charge is -2.08. The van der Waals surface area contributed by atoms with Crippen LogP contribution >= 0.6 is 38.6 Å². The minimum Gasteiger partial charge on any atom is -0.451 e. The second-order valence-corrected chi connectivity index (χ2v) is 8.59. The third-order valence-corrected chi connectivity index (χ3v) is 6.51. The summed E-state index contributed by atoms with van der Waals surface area (Å²) in [5, 5.41) is 7.75. The minimum absolute atomic E-state index is 0.236. The van der Waals surface area contributed by atoms with Gasteiger partial charge in [0, 0.05) is 4.47 Å². The van der Waals surface area contributed by atoms with Crippen molar-refractivity contribution in [2.75, 3.05) is 18.5 Å². The van der Waals surface area contributed by atoms with Crippen molar-refractivity contribution in [1.82, 2.24) is 10.3 Å². The second-order valence-electron chi connectivity index (χ2n) is 5.79. The molecule has 0 saturated heterocycles. The van der Waals surface area contributed by atoms with Gasteiger partial charge in [-0.05, 0) is 46.4 Å². The SMILES string of the molecule is Cc1nc(-c2cccs2)sc1C(=O)OCC(=O)NCC(=O)Nc1ccccc1Br. The van der Waals surface area contributed by atoms with Crippen molar-refractivity contribution in [3.8, 4) is 9.88 Å². The number of halogens is 1. The van der Waals surface area contributed by atoms with Crippen molar-refractivity contribution in [3.63, 3.8) is 0 Å². The van der Waals surface area contributed by atoms with Crippen LogP contribution in [0.3, 0.4) is 0 Å². The van der Waals surface area contributed by atoms with Crippen LogP contribution in [0, 0.1) is 6.92 Å². The molecular formula is C19H16BrN3O4S2. The van der Waals surface area contributed by atoms with Crippen molar-refractivity contribution in [2.24, 2.45) is 0 Å². The average Bonchev–Trinajstić information content (AvgIpc) is 3.36. The maximum Gasteiger partial charge on any atom is 0.350 e. The number of amides is 2. The van der Waals surface area contributed by atoms with Crippen LogP contribution < -0.4 is 10.6 Å². The van der Waals surface area contributed by atoms with Crippen LogP contribution in [0.2, 0.25) is 0 Å². The van der Waals surface area contributed by atoms with Gasteiger partial charge in [0.1, 0.15) is 9.88 Å². The molecule has 2 heterocycles. The third-order valence-electron chi connectivity index (χ3n) is 3.64. The van der Waals surface area contributed by atoms with Gasteiger partial charge >= 0.3 is 5.97 Å². The maximum absolute atomic E-state index is 12.3. The molecule has 0 saturated carbocycles. The van der Waals surface area contributed by atoms with E-state index in [-0.39, 0.29) is 6.54 Å². The molecule has 2 aromatic heterocycles. The number of nitrogens with zero attached hydrogens (tertiary/aromatic N) is 1. The number of ether oxygens (including phenoxy) is 1. The Labute approximate surface area is 183 Å². The third kappa shape index (κ3) is 5.72. The lowest BCUT2D eigenvalue weighted by molar-refractivity contribution is -0.126. The Morgan fingerprint density at radius 2 is 1.93 bits per heavy atom. The summed E-state index contributed by atoms with van der Waals surface area (Å²) in [6.45, 7) is 1.00. The molecule has 2 amide bonds. The summed E-state index contributed by atoms with van der Waals surface area (Å²) >= 11 is 6.08. The molecule has 0 atom stereocenters. The first-order valence-electron chi connectivity index (χ1n) is 8.43. The molecule has 0 fully saturated rings. The molecule has 7 nitrogen and oxygen atoms in total. The van der Waals surface area contributed by atoms with Crippen LogP contribution in [-0.2, 0) is 14.3 Å². The van der Waals surface area contributed by atoms with Gasteiger partial charge in [-0.2, -0.15) is 0 Å². The quantitative estimate of drug-likeness (QED) is 0.487. The number of nitrogens with one attached hydrogen (secondary N) is 2. The highest BCUT2D eigenvalue weighted by Gasteiger charge is 2.19. The smallest absolute Gasteiger partial charge is 0.350 e. The summed E-state index contributed by atoms with van der Waals surface area (Å²) in [4.78, 5) is 41.8. The summed E-state index contributed by atoms with van der Waals surface area (Å²) in [7, 11) is 0. The largest absolute Gasteiger partial charge is 0.451 e. The number of aryl methyl sites for hydroxylation is 1. The molecule has 29 heavy (non-hydrogen) atoms. The summed E-state index contributed by atoms with van der Waals surface area (Å²) in [5.41, 5.74) is 1.15. The number of thiophene rings is 1. The Kier molecular flexibility index (Phi) is 7.13. The van der Waals surface area contributed by atoms with Gasteiger partial charge in [0.15, 0.2) is 6.61 Å². The first-order valence-corrected chi connectivity index (χ1v) is 10.9. The molecule has 0 aliphatic rings. The molecule has 0 spiro atoms. The predicted octanol–water partition coefficient (Wildman–Crippen LogP) is 3.85. The molecule has 0 aliphatic heterocycles. The topological polar surface area (TPSA) is 97.4 Å². The van der Waals surface area contributed by atoms with Crippen molar-refractivity contribution in [1.29, 1.82) is 0 Å². The fourth-order valence-corrected chi connectivity index (χ4v) is 4.42. The molecule has 10 heteroatoms. The number of carbonyl (C=O) groups excluding carboxylic acids is 3. The van der Waals surface area contributed by atoms with Crippen molar-refractivity contribution < 1.29 is 19.1 Å². The Bertz CT molecular complexity index is 1030. The zero-order valence-electron chi connectivity index (χ0n) is 15.2. The normalized spacial score (nSPS) is 10.4. The van der Waals surface area contributed by atoms with E-state index in [0.717, 1.165) is 14.4 Å². The van der Waals surface area contributed by atoms with Crippen molar-refractivity contribution in [2.45, 2.75) is 6.92 Å². The monoisotopic (exact) mass is 493 g/mol. The molecular weight excluding hydrogens is 478 g/mol. The van der Waals surface area contributed by atoms with Gasteiger partial charge in [-0.15, -0.1) is 22.7 Å². The van der Waals surface area contributed by atoms with Gasteiger partial charge < -0.3 is 15.4 Å². The molecule has 0 bridgehead atoms. The number of anilines is 1. The molecule has 150 valence electrons. The van der Waals surface area contributed by atoms with Crippen molar-refractivity contribution in [3.05, 3.63) is 56.8 Å². The van der Waals surface area contributed by atoms with Crippen molar-refractivity contribution >= 4 is 62.1 Å². The van der Waals surface area contributed by atoms with E-state index in [1.807, 2.05) is 23.6 Å². The lowest BCUT2D eigenvalue weighted by atomic mass is 10.3.